The molecular weight excluding hydrogens is 536 g/mol. The third kappa shape index (κ3) is 5.44. The van der Waals surface area contributed by atoms with Gasteiger partial charge < -0.3 is 15.4 Å². The van der Waals surface area contributed by atoms with Gasteiger partial charge in [-0.05, 0) is 62.8 Å². The van der Waals surface area contributed by atoms with Gasteiger partial charge >= 0.3 is 5.69 Å². The summed E-state index contributed by atoms with van der Waals surface area (Å²) in [6, 6.07) is 7.89. The van der Waals surface area contributed by atoms with Crippen LogP contribution in [-0.2, 0) is 10.0 Å². The number of sulfonamides is 1. The highest BCUT2D eigenvalue weighted by Crippen LogP contribution is 2.24. The lowest BCUT2D eigenvalue weighted by Gasteiger charge is -2.29. The van der Waals surface area contributed by atoms with E-state index < -0.39 is 15.7 Å². The van der Waals surface area contributed by atoms with E-state index in [-0.39, 0.29) is 40.2 Å². The number of imidazole rings is 1. The fourth-order valence-corrected chi connectivity index (χ4v) is 6.05. The van der Waals surface area contributed by atoms with Crippen LogP contribution >= 0.6 is 0 Å². The van der Waals surface area contributed by atoms with E-state index >= 15 is 0 Å². The van der Waals surface area contributed by atoms with Crippen molar-refractivity contribution in [1.29, 1.82) is 5.26 Å². The molecule has 6 rings (SSSR count). The SMILES string of the molecule is N#Cc1cccc(S(=O)(=O)NC2CCC(Nc3nc(=NC4CC4)n4nc/c(=C\c5[nH]c(=O)[nH]c5O)c4n3)CC2)c1. The first-order valence-electron chi connectivity index (χ1n) is 12.9. The van der Waals surface area contributed by atoms with Crippen molar-refractivity contribution < 1.29 is 13.5 Å². The summed E-state index contributed by atoms with van der Waals surface area (Å²) in [4.78, 5) is 30.3. The minimum Gasteiger partial charge on any atom is -0.493 e. The summed E-state index contributed by atoms with van der Waals surface area (Å²) in [6.45, 7) is 0. The Labute approximate surface area is 227 Å². The molecule has 3 aromatic heterocycles. The normalized spacial score (nSPS) is 20.6. The van der Waals surface area contributed by atoms with Crippen molar-refractivity contribution in [1.82, 2.24) is 34.3 Å². The van der Waals surface area contributed by atoms with Crippen molar-refractivity contribution in [3.05, 3.63) is 63.0 Å². The van der Waals surface area contributed by atoms with Crippen LogP contribution in [0.25, 0.3) is 11.7 Å². The summed E-state index contributed by atoms with van der Waals surface area (Å²) in [5.74, 6) is 0.0796. The molecule has 0 unspecified atom stereocenters. The first-order chi connectivity index (χ1) is 19.3. The maximum Gasteiger partial charge on any atom is 0.326 e. The van der Waals surface area contributed by atoms with Crippen molar-refractivity contribution in [2.24, 2.45) is 4.99 Å². The van der Waals surface area contributed by atoms with Gasteiger partial charge in [0.25, 0.3) is 5.62 Å². The number of nitrogens with one attached hydrogen (secondary N) is 4. The van der Waals surface area contributed by atoms with Crippen molar-refractivity contribution in [2.75, 3.05) is 5.32 Å². The molecule has 0 saturated heterocycles. The Hall–Kier alpha value is -4.55. The van der Waals surface area contributed by atoms with Crippen molar-refractivity contribution in [2.45, 2.75) is 61.5 Å². The van der Waals surface area contributed by atoms with E-state index in [0.717, 1.165) is 12.8 Å². The lowest BCUT2D eigenvalue weighted by atomic mass is 9.92. The maximum atomic E-state index is 12.8. The zero-order valence-electron chi connectivity index (χ0n) is 21.2. The maximum absolute atomic E-state index is 12.8. The van der Waals surface area contributed by atoms with E-state index in [1.807, 2.05) is 6.07 Å². The molecule has 0 radical (unpaired) electrons. The number of H-pyrrole nitrogens is 2. The van der Waals surface area contributed by atoms with Gasteiger partial charge in [0.05, 0.1) is 28.8 Å². The highest BCUT2D eigenvalue weighted by atomic mass is 32.2. The number of anilines is 1. The van der Waals surface area contributed by atoms with Gasteiger partial charge in [0.2, 0.25) is 21.9 Å². The molecule has 206 valence electrons. The van der Waals surface area contributed by atoms with Gasteiger partial charge in [-0.15, -0.1) is 0 Å². The summed E-state index contributed by atoms with van der Waals surface area (Å²) in [5, 5.41) is 27.4. The van der Waals surface area contributed by atoms with Gasteiger partial charge in [-0.3, -0.25) is 4.98 Å². The van der Waals surface area contributed by atoms with Crippen LogP contribution < -0.4 is 26.6 Å². The van der Waals surface area contributed by atoms with Crippen LogP contribution in [-0.4, -0.2) is 61.2 Å². The molecule has 3 heterocycles. The standard InChI is InChI=1S/C25H26N10O4S/c26-12-14-2-1-3-19(10-14)40(38,39)34-18-8-6-16(7-9-18)28-23-31-21-15(11-20-22(36)32-25(37)30-20)13-27-35(21)24(33-23)29-17-4-5-17/h1-3,10-11,13,16-18,34,36H,4-9H2,(H,28,29,33)(H2,30,32,37)/b15-11+. The van der Waals surface area contributed by atoms with Crippen molar-refractivity contribution in [3.63, 3.8) is 0 Å². The molecule has 2 aliphatic rings. The van der Waals surface area contributed by atoms with Crippen LogP contribution in [0.2, 0.25) is 0 Å². The molecular formula is C25H26N10O4S. The molecule has 1 aromatic carbocycles. The number of hydrogen-bond donors (Lipinski definition) is 5. The second-order valence-corrected chi connectivity index (χ2v) is 11.7. The molecule has 40 heavy (non-hydrogen) atoms. The van der Waals surface area contributed by atoms with Gasteiger partial charge in [-0.2, -0.15) is 24.8 Å². The van der Waals surface area contributed by atoms with Gasteiger partial charge in [0.1, 0.15) is 5.69 Å². The van der Waals surface area contributed by atoms with E-state index in [0.29, 0.717) is 48.1 Å². The number of nitrogens with zero attached hydrogens (tertiary/aromatic N) is 6. The van der Waals surface area contributed by atoms with E-state index in [1.54, 1.807) is 24.4 Å². The number of aromatic nitrogens is 6. The fourth-order valence-electron chi connectivity index (χ4n) is 4.70. The zero-order valence-corrected chi connectivity index (χ0v) is 22.0. The van der Waals surface area contributed by atoms with Crippen LogP contribution in [0.4, 0.5) is 5.95 Å². The minimum atomic E-state index is -3.74. The first-order valence-corrected chi connectivity index (χ1v) is 14.4. The van der Waals surface area contributed by atoms with Crippen molar-refractivity contribution >= 4 is 27.7 Å². The molecule has 5 N–H and O–H groups in total. The molecule has 0 atom stereocenters. The zero-order chi connectivity index (χ0) is 27.9. The second-order valence-electron chi connectivity index (χ2n) is 9.98. The predicted octanol–water partition coefficient (Wildman–Crippen LogP) is 0.0304. The summed E-state index contributed by atoms with van der Waals surface area (Å²) < 4.78 is 30.0. The number of benzene rings is 1. The number of nitriles is 1. The van der Waals surface area contributed by atoms with Crippen LogP contribution in [0.15, 0.2) is 45.1 Å². The third-order valence-corrected chi connectivity index (χ3v) is 8.43. The Morgan fingerprint density at radius 1 is 1.12 bits per heavy atom. The summed E-state index contributed by atoms with van der Waals surface area (Å²) in [6.07, 6.45) is 7.69. The molecule has 2 fully saturated rings. The van der Waals surface area contributed by atoms with Crippen LogP contribution in [0.1, 0.15) is 49.8 Å². The lowest BCUT2D eigenvalue weighted by molar-refractivity contribution is 0.386. The summed E-state index contributed by atoms with van der Waals surface area (Å²) in [5.41, 5.74) is 0.823. The van der Waals surface area contributed by atoms with Crippen LogP contribution in [0.3, 0.4) is 0 Å². The number of hydrogen-bond acceptors (Lipinski definition) is 10. The topological polar surface area (TPSA) is 206 Å². The quantitative estimate of drug-likeness (QED) is 0.206. The smallest absolute Gasteiger partial charge is 0.326 e. The molecule has 4 aromatic rings. The molecule has 2 aliphatic carbocycles. The fraction of sp³-hybridized carbons (Fsp3) is 0.360. The average molecular weight is 563 g/mol. The molecule has 15 heteroatoms. The van der Waals surface area contributed by atoms with Gasteiger partial charge in [-0.25, -0.2) is 22.9 Å². The van der Waals surface area contributed by atoms with Gasteiger partial charge in [-0.1, -0.05) is 6.07 Å². The van der Waals surface area contributed by atoms with Gasteiger partial charge in [0, 0.05) is 17.3 Å². The van der Waals surface area contributed by atoms with E-state index in [2.05, 4.69) is 40.1 Å². The molecule has 0 bridgehead atoms. The number of rotatable bonds is 7. The molecule has 14 nitrogen and oxygen atoms in total. The Morgan fingerprint density at radius 2 is 1.90 bits per heavy atom. The largest absolute Gasteiger partial charge is 0.493 e. The van der Waals surface area contributed by atoms with Crippen molar-refractivity contribution in [3.8, 4) is 11.9 Å². The lowest BCUT2D eigenvalue weighted by Crippen LogP contribution is -2.40. The minimum absolute atomic E-state index is 0.0133. The second kappa shape index (κ2) is 10.2. The Morgan fingerprint density at radius 3 is 2.60 bits per heavy atom. The summed E-state index contributed by atoms with van der Waals surface area (Å²) in [7, 11) is -3.74. The third-order valence-electron chi connectivity index (χ3n) is 6.91. The monoisotopic (exact) mass is 562 g/mol. The van der Waals surface area contributed by atoms with Gasteiger partial charge in [0.15, 0.2) is 5.65 Å². The van der Waals surface area contributed by atoms with Crippen LogP contribution in [0, 0.1) is 11.3 Å². The number of aromatic hydroxyl groups is 1. The molecule has 2 saturated carbocycles. The highest BCUT2D eigenvalue weighted by Gasteiger charge is 2.27. The number of fused-ring (bicyclic) bond motifs is 1. The Kier molecular flexibility index (Phi) is 6.56. The predicted molar refractivity (Wildman–Crippen MR) is 142 cm³/mol. The highest BCUT2D eigenvalue weighted by molar-refractivity contribution is 7.89. The molecule has 0 spiro atoms. The Bertz CT molecular complexity index is 1910. The van der Waals surface area contributed by atoms with Crippen LogP contribution in [0.5, 0.6) is 5.88 Å². The molecule has 0 aliphatic heterocycles. The van der Waals surface area contributed by atoms with E-state index in [4.69, 9.17) is 5.26 Å². The number of aromatic amines is 2. The summed E-state index contributed by atoms with van der Waals surface area (Å²) >= 11 is 0. The average Bonchev–Trinajstić information content (AvgIpc) is 3.57. The van der Waals surface area contributed by atoms with E-state index in [9.17, 15) is 18.3 Å². The Balaban J connectivity index is 1.21. The molecule has 0 amide bonds. The van der Waals surface area contributed by atoms with E-state index in [1.165, 1.54) is 16.6 Å². The first kappa shape index (κ1) is 25.7.